The van der Waals surface area contributed by atoms with E-state index in [1.54, 1.807) is 12.1 Å². The van der Waals surface area contributed by atoms with Gasteiger partial charge in [-0.3, -0.25) is 4.79 Å². The molecule has 0 spiro atoms. The summed E-state index contributed by atoms with van der Waals surface area (Å²) in [5.74, 6) is -0.0953. The van der Waals surface area contributed by atoms with Crippen molar-refractivity contribution in [2.24, 2.45) is 0 Å². The first-order chi connectivity index (χ1) is 10.5. The summed E-state index contributed by atoms with van der Waals surface area (Å²) < 4.78 is 0. The molecule has 2 aromatic carbocycles. The molecule has 112 valence electrons. The van der Waals surface area contributed by atoms with Crippen LogP contribution >= 0.6 is 23.2 Å². The van der Waals surface area contributed by atoms with Crippen molar-refractivity contribution in [1.82, 2.24) is 4.90 Å². The fraction of sp³-hybridized carbons (Fsp3) is 0.167. The number of benzene rings is 2. The number of allylic oxidation sites excluding steroid dienone is 1. The zero-order valence-electron chi connectivity index (χ0n) is 12.1. The van der Waals surface area contributed by atoms with Crippen molar-refractivity contribution in [1.29, 1.82) is 0 Å². The Morgan fingerprint density at radius 3 is 2.45 bits per heavy atom. The van der Waals surface area contributed by atoms with Crippen LogP contribution in [0.5, 0.6) is 0 Å². The molecule has 0 saturated carbocycles. The van der Waals surface area contributed by atoms with Gasteiger partial charge >= 0.3 is 0 Å². The molecule has 0 bridgehead atoms. The van der Waals surface area contributed by atoms with E-state index in [-0.39, 0.29) is 11.7 Å². The van der Waals surface area contributed by atoms with Crippen LogP contribution in [0.25, 0.3) is 5.57 Å². The number of ketones is 1. The molecule has 0 fully saturated rings. The van der Waals surface area contributed by atoms with Crippen molar-refractivity contribution >= 4 is 34.6 Å². The molecule has 4 heteroatoms. The van der Waals surface area contributed by atoms with Gasteiger partial charge in [0, 0.05) is 35.4 Å². The summed E-state index contributed by atoms with van der Waals surface area (Å²) in [7, 11) is 1.97. The smallest absolute Gasteiger partial charge is 0.174 e. The third kappa shape index (κ3) is 3.03. The van der Waals surface area contributed by atoms with Crippen LogP contribution < -0.4 is 0 Å². The van der Waals surface area contributed by atoms with Crippen LogP contribution in [-0.4, -0.2) is 24.3 Å². The SMILES string of the molecule is CN1C=C(c2ccc(Cl)cc2)C(=O)C(c2cccc(Cl)c2)C1. The molecule has 0 N–H and O–H groups in total. The van der Waals surface area contributed by atoms with Crippen molar-refractivity contribution in [2.75, 3.05) is 13.6 Å². The van der Waals surface area contributed by atoms with Gasteiger partial charge < -0.3 is 4.90 Å². The summed E-state index contributed by atoms with van der Waals surface area (Å²) >= 11 is 12.0. The number of halogens is 2. The lowest BCUT2D eigenvalue weighted by Gasteiger charge is -2.29. The average Bonchev–Trinajstić information content (AvgIpc) is 2.50. The second-order valence-corrected chi connectivity index (χ2v) is 6.33. The highest BCUT2D eigenvalue weighted by Gasteiger charge is 2.29. The highest BCUT2D eigenvalue weighted by atomic mass is 35.5. The number of Topliss-reactive ketones (excluding diaryl/α,β-unsaturated/α-hetero) is 1. The summed E-state index contributed by atoms with van der Waals surface area (Å²) in [5, 5.41) is 1.31. The maximum Gasteiger partial charge on any atom is 0.174 e. The largest absolute Gasteiger partial charge is 0.379 e. The van der Waals surface area contributed by atoms with Crippen LogP contribution in [0.15, 0.2) is 54.7 Å². The standard InChI is InChI=1S/C18H15Cl2NO/c1-21-10-16(12-5-7-14(19)8-6-12)18(22)17(11-21)13-3-2-4-15(20)9-13/h2-10,17H,11H2,1H3. The van der Waals surface area contributed by atoms with E-state index in [0.29, 0.717) is 22.2 Å². The molecule has 2 nitrogen and oxygen atoms in total. The quantitative estimate of drug-likeness (QED) is 0.799. The predicted octanol–water partition coefficient (Wildman–Crippen LogP) is 4.63. The van der Waals surface area contributed by atoms with E-state index < -0.39 is 0 Å². The number of carbonyl (C=O) groups is 1. The number of rotatable bonds is 2. The molecule has 22 heavy (non-hydrogen) atoms. The molecule has 1 heterocycles. The molecule has 0 radical (unpaired) electrons. The number of carbonyl (C=O) groups excluding carboxylic acids is 1. The van der Waals surface area contributed by atoms with E-state index in [2.05, 4.69) is 0 Å². The lowest BCUT2D eigenvalue weighted by Crippen LogP contribution is -2.31. The Morgan fingerprint density at radius 1 is 1.05 bits per heavy atom. The molecule has 0 amide bonds. The van der Waals surface area contributed by atoms with Gasteiger partial charge in [-0.05, 0) is 35.4 Å². The molecule has 0 aliphatic carbocycles. The second kappa shape index (κ2) is 6.15. The van der Waals surface area contributed by atoms with E-state index in [1.807, 2.05) is 54.5 Å². The molecule has 0 aromatic heterocycles. The summed E-state index contributed by atoms with van der Waals surface area (Å²) in [4.78, 5) is 14.9. The van der Waals surface area contributed by atoms with Gasteiger partial charge in [0.05, 0.1) is 5.92 Å². The lowest BCUT2D eigenvalue weighted by molar-refractivity contribution is -0.115. The lowest BCUT2D eigenvalue weighted by atomic mass is 9.85. The van der Waals surface area contributed by atoms with Gasteiger partial charge in [0.1, 0.15) is 0 Å². The first-order valence-corrected chi connectivity index (χ1v) is 7.78. The molecular formula is C18H15Cl2NO. The molecule has 1 aliphatic heterocycles. The number of likely N-dealkylation sites (N-methyl/N-ethyl adjacent to an activating group) is 1. The van der Waals surface area contributed by atoms with Crippen LogP contribution in [-0.2, 0) is 4.79 Å². The van der Waals surface area contributed by atoms with Gasteiger partial charge in [-0.1, -0.05) is 47.5 Å². The van der Waals surface area contributed by atoms with Crippen LogP contribution in [0.1, 0.15) is 17.0 Å². The zero-order chi connectivity index (χ0) is 15.7. The van der Waals surface area contributed by atoms with Gasteiger partial charge in [-0.25, -0.2) is 0 Å². The molecule has 3 rings (SSSR count). The second-order valence-electron chi connectivity index (χ2n) is 5.46. The Balaban J connectivity index is 1.99. The molecule has 2 aromatic rings. The normalized spacial score (nSPS) is 18.3. The Kier molecular flexibility index (Phi) is 4.23. The van der Waals surface area contributed by atoms with E-state index >= 15 is 0 Å². The van der Waals surface area contributed by atoms with Gasteiger partial charge in [0.15, 0.2) is 5.78 Å². The molecule has 1 atom stereocenters. The minimum absolute atomic E-state index is 0.114. The van der Waals surface area contributed by atoms with Gasteiger partial charge in [-0.15, -0.1) is 0 Å². The topological polar surface area (TPSA) is 20.3 Å². The maximum atomic E-state index is 12.9. The van der Waals surface area contributed by atoms with E-state index in [0.717, 1.165) is 11.1 Å². The highest BCUT2D eigenvalue weighted by Crippen LogP contribution is 2.32. The van der Waals surface area contributed by atoms with Crippen molar-refractivity contribution < 1.29 is 4.79 Å². The minimum Gasteiger partial charge on any atom is -0.379 e. The third-order valence-electron chi connectivity index (χ3n) is 3.81. The van der Waals surface area contributed by atoms with Crippen LogP contribution in [0.2, 0.25) is 10.0 Å². The summed E-state index contributed by atoms with van der Waals surface area (Å²) in [6.45, 7) is 0.649. The average molecular weight is 332 g/mol. The van der Waals surface area contributed by atoms with E-state index in [9.17, 15) is 4.79 Å². The van der Waals surface area contributed by atoms with Crippen molar-refractivity contribution in [3.05, 3.63) is 75.9 Å². The molecule has 0 saturated heterocycles. The highest BCUT2D eigenvalue weighted by molar-refractivity contribution is 6.31. The van der Waals surface area contributed by atoms with Crippen LogP contribution in [0, 0.1) is 0 Å². The summed E-state index contributed by atoms with van der Waals surface area (Å²) in [6.07, 6.45) is 1.90. The predicted molar refractivity (Wildman–Crippen MR) is 91.3 cm³/mol. The fourth-order valence-electron chi connectivity index (χ4n) is 2.72. The van der Waals surface area contributed by atoms with Gasteiger partial charge in [0.25, 0.3) is 0 Å². The van der Waals surface area contributed by atoms with Crippen LogP contribution in [0.4, 0.5) is 0 Å². The molecule has 1 unspecified atom stereocenters. The van der Waals surface area contributed by atoms with Gasteiger partial charge in [0.2, 0.25) is 0 Å². The van der Waals surface area contributed by atoms with Crippen molar-refractivity contribution in [3.8, 4) is 0 Å². The molecular weight excluding hydrogens is 317 g/mol. The zero-order valence-corrected chi connectivity index (χ0v) is 13.6. The summed E-state index contributed by atoms with van der Waals surface area (Å²) in [5.41, 5.74) is 2.53. The first-order valence-electron chi connectivity index (χ1n) is 7.02. The van der Waals surface area contributed by atoms with Gasteiger partial charge in [-0.2, -0.15) is 0 Å². The fourth-order valence-corrected chi connectivity index (χ4v) is 3.05. The summed E-state index contributed by atoms with van der Waals surface area (Å²) in [6, 6.07) is 14.9. The minimum atomic E-state index is -0.209. The van der Waals surface area contributed by atoms with Crippen molar-refractivity contribution in [2.45, 2.75) is 5.92 Å². The first kappa shape index (κ1) is 15.1. The number of nitrogens with zero attached hydrogens (tertiary/aromatic N) is 1. The Labute approximate surface area is 140 Å². The maximum absolute atomic E-state index is 12.9. The van der Waals surface area contributed by atoms with Crippen LogP contribution in [0.3, 0.4) is 0 Å². The Morgan fingerprint density at radius 2 is 1.77 bits per heavy atom. The van der Waals surface area contributed by atoms with E-state index in [4.69, 9.17) is 23.2 Å². The number of hydrogen-bond donors (Lipinski definition) is 0. The number of hydrogen-bond acceptors (Lipinski definition) is 2. The monoisotopic (exact) mass is 331 g/mol. The third-order valence-corrected chi connectivity index (χ3v) is 4.30. The molecule has 1 aliphatic rings. The Hall–Kier alpha value is -1.77. The van der Waals surface area contributed by atoms with Crippen molar-refractivity contribution in [3.63, 3.8) is 0 Å². The Bertz CT molecular complexity index is 737. The van der Waals surface area contributed by atoms with E-state index in [1.165, 1.54) is 0 Å².